The van der Waals surface area contributed by atoms with Crippen molar-refractivity contribution in [3.63, 3.8) is 0 Å². The van der Waals surface area contributed by atoms with Crippen LogP contribution in [0.2, 0.25) is 0 Å². The molecule has 0 fully saturated rings. The molecule has 3 aromatic rings. The van der Waals surface area contributed by atoms with Crippen molar-refractivity contribution in [3.05, 3.63) is 93.2 Å². The predicted octanol–water partition coefficient (Wildman–Crippen LogP) is 4.84. The smallest absolute Gasteiger partial charge is 0.271 e. The molecule has 0 saturated carbocycles. The lowest BCUT2D eigenvalue weighted by Crippen LogP contribution is -2.43. The number of unbranched alkanes of at least 4 members (excludes halogenated alkanes) is 1. The maximum Gasteiger partial charge on any atom is 0.271 e. The minimum absolute atomic E-state index is 0.0499. The first-order valence-electron chi connectivity index (χ1n) is 11.4. The summed E-state index contributed by atoms with van der Waals surface area (Å²) in [5.74, 6) is -1.05. The fourth-order valence-corrected chi connectivity index (χ4v) is 3.98. The summed E-state index contributed by atoms with van der Waals surface area (Å²) in [6.45, 7) is 3.77. The number of para-hydroxylation sites is 1. The second-order valence-electron chi connectivity index (χ2n) is 8.30. The number of nitrogens with zero attached hydrogens (tertiary/aromatic N) is 5. The van der Waals surface area contributed by atoms with E-state index in [0.717, 1.165) is 17.0 Å². The largest absolute Gasteiger partial charge is 0.274 e. The molecule has 180 valence electrons. The highest BCUT2D eigenvalue weighted by molar-refractivity contribution is 6.19. The molecule has 1 aliphatic heterocycles. The van der Waals surface area contributed by atoms with Crippen LogP contribution in [0.4, 0.5) is 5.69 Å². The molecule has 2 aromatic carbocycles. The number of rotatable bonds is 7. The van der Waals surface area contributed by atoms with Crippen molar-refractivity contribution in [2.45, 2.75) is 26.7 Å². The van der Waals surface area contributed by atoms with Gasteiger partial charge in [-0.2, -0.15) is 10.4 Å². The van der Waals surface area contributed by atoms with E-state index in [9.17, 15) is 25.0 Å². The summed E-state index contributed by atoms with van der Waals surface area (Å²) in [5, 5.41) is 25.4. The average molecular weight is 482 g/mol. The number of benzene rings is 2. The van der Waals surface area contributed by atoms with Crippen LogP contribution in [0.5, 0.6) is 0 Å². The van der Waals surface area contributed by atoms with E-state index >= 15 is 0 Å². The summed E-state index contributed by atoms with van der Waals surface area (Å²) in [7, 11) is 0. The predicted molar refractivity (Wildman–Crippen MR) is 134 cm³/mol. The number of aromatic nitrogens is 2. The minimum Gasteiger partial charge on any atom is -0.274 e. The van der Waals surface area contributed by atoms with Crippen LogP contribution < -0.4 is 0 Å². The first-order valence-corrected chi connectivity index (χ1v) is 11.4. The van der Waals surface area contributed by atoms with Crippen molar-refractivity contribution < 1.29 is 14.5 Å². The Kier molecular flexibility index (Phi) is 6.88. The second-order valence-corrected chi connectivity index (χ2v) is 8.30. The number of carbonyl (C=O) groups excluding carboxylic acids is 2. The quantitative estimate of drug-likeness (QED) is 0.206. The normalized spacial score (nSPS) is 14.9. The van der Waals surface area contributed by atoms with Crippen LogP contribution in [-0.2, 0) is 9.59 Å². The Bertz CT molecular complexity index is 1440. The van der Waals surface area contributed by atoms with Crippen LogP contribution in [0, 0.1) is 21.4 Å². The third kappa shape index (κ3) is 4.57. The number of non-ortho nitro benzene ring substituents is 1. The maximum absolute atomic E-state index is 13.4. The van der Waals surface area contributed by atoms with Gasteiger partial charge in [-0.15, -0.1) is 0 Å². The third-order valence-electron chi connectivity index (χ3n) is 5.98. The molecule has 0 bridgehead atoms. The van der Waals surface area contributed by atoms with Crippen LogP contribution in [0.1, 0.15) is 32.3 Å². The van der Waals surface area contributed by atoms with E-state index in [1.54, 1.807) is 36.0 Å². The number of amides is 2. The van der Waals surface area contributed by atoms with Crippen LogP contribution in [0.3, 0.4) is 0 Å². The number of hydrogen-bond donors (Lipinski definition) is 0. The zero-order valence-electron chi connectivity index (χ0n) is 19.8. The molecule has 0 aliphatic carbocycles. The molecular weight excluding hydrogens is 458 g/mol. The standard InChI is InChI=1S/C27H23N5O4/c1-3-4-14-30-26(33)23(18(2)24(16-28)27(30)34)15-20-17-31(21-8-6-5-7-9-21)29-25(20)19-10-12-22(13-11-19)32(35)36/h5-13,15,17H,3-4,14H2,1-2H3/b23-15+. The topological polar surface area (TPSA) is 122 Å². The molecule has 1 aromatic heterocycles. The minimum atomic E-state index is -0.582. The maximum atomic E-state index is 13.4. The number of nitro benzene ring substituents is 1. The molecule has 2 amide bonds. The van der Waals surface area contributed by atoms with Gasteiger partial charge in [-0.3, -0.25) is 24.6 Å². The van der Waals surface area contributed by atoms with E-state index in [1.807, 2.05) is 43.3 Å². The summed E-state index contributed by atoms with van der Waals surface area (Å²) < 4.78 is 1.65. The van der Waals surface area contributed by atoms with Crippen LogP contribution in [-0.4, -0.2) is 38.0 Å². The Hall–Kier alpha value is -4.84. The summed E-state index contributed by atoms with van der Waals surface area (Å²) >= 11 is 0. The molecule has 9 heteroatoms. The molecular formula is C27H23N5O4. The lowest BCUT2D eigenvalue weighted by molar-refractivity contribution is -0.384. The van der Waals surface area contributed by atoms with Gasteiger partial charge in [-0.05, 0) is 49.3 Å². The van der Waals surface area contributed by atoms with Gasteiger partial charge in [-0.25, -0.2) is 4.68 Å². The molecule has 2 heterocycles. The molecule has 4 rings (SSSR count). The van der Waals surface area contributed by atoms with E-state index in [0.29, 0.717) is 28.8 Å². The van der Waals surface area contributed by atoms with E-state index in [4.69, 9.17) is 5.10 Å². The van der Waals surface area contributed by atoms with Gasteiger partial charge in [0.05, 0.1) is 16.3 Å². The molecule has 0 N–H and O–H groups in total. The van der Waals surface area contributed by atoms with Gasteiger partial charge in [0.25, 0.3) is 17.5 Å². The molecule has 0 spiro atoms. The van der Waals surface area contributed by atoms with E-state index in [1.165, 1.54) is 12.1 Å². The zero-order chi connectivity index (χ0) is 25.8. The molecule has 0 saturated heterocycles. The first-order chi connectivity index (χ1) is 17.3. The molecule has 0 unspecified atom stereocenters. The first kappa shape index (κ1) is 24.3. The van der Waals surface area contributed by atoms with Crippen molar-refractivity contribution in [2.24, 2.45) is 0 Å². The molecule has 9 nitrogen and oxygen atoms in total. The van der Waals surface area contributed by atoms with E-state index < -0.39 is 16.7 Å². The zero-order valence-corrected chi connectivity index (χ0v) is 19.8. The third-order valence-corrected chi connectivity index (χ3v) is 5.98. The van der Waals surface area contributed by atoms with Gasteiger partial charge in [0, 0.05) is 41.6 Å². The van der Waals surface area contributed by atoms with Gasteiger partial charge in [-0.1, -0.05) is 31.5 Å². The van der Waals surface area contributed by atoms with Crippen LogP contribution in [0.15, 0.2) is 77.5 Å². The van der Waals surface area contributed by atoms with E-state index in [2.05, 4.69) is 0 Å². The molecule has 1 aliphatic rings. The Balaban J connectivity index is 1.89. The van der Waals surface area contributed by atoms with Gasteiger partial charge < -0.3 is 0 Å². The summed E-state index contributed by atoms with van der Waals surface area (Å²) in [6, 6.07) is 17.3. The second kappa shape index (κ2) is 10.2. The van der Waals surface area contributed by atoms with Crippen molar-refractivity contribution in [1.82, 2.24) is 14.7 Å². The van der Waals surface area contributed by atoms with Gasteiger partial charge >= 0.3 is 0 Å². The summed E-state index contributed by atoms with van der Waals surface area (Å²) in [4.78, 5) is 37.9. The van der Waals surface area contributed by atoms with Gasteiger partial charge in [0.2, 0.25) is 0 Å². The number of hydrogen-bond acceptors (Lipinski definition) is 6. The Morgan fingerprint density at radius 1 is 1.08 bits per heavy atom. The number of nitriles is 1. The van der Waals surface area contributed by atoms with Gasteiger partial charge in [0.15, 0.2) is 0 Å². The fraction of sp³-hybridized carbons (Fsp3) is 0.185. The molecule has 0 radical (unpaired) electrons. The number of nitro groups is 1. The Labute approximate surface area is 207 Å². The lowest BCUT2D eigenvalue weighted by Gasteiger charge is -2.27. The van der Waals surface area contributed by atoms with Crippen LogP contribution in [0.25, 0.3) is 23.0 Å². The van der Waals surface area contributed by atoms with Crippen molar-refractivity contribution >= 4 is 23.6 Å². The average Bonchev–Trinajstić information content (AvgIpc) is 3.31. The van der Waals surface area contributed by atoms with E-state index in [-0.39, 0.29) is 23.4 Å². The highest BCUT2D eigenvalue weighted by atomic mass is 16.6. The Morgan fingerprint density at radius 3 is 2.39 bits per heavy atom. The molecule has 0 atom stereocenters. The lowest BCUT2D eigenvalue weighted by atomic mass is 9.93. The monoisotopic (exact) mass is 481 g/mol. The van der Waals surface area contributed by atoms with Crippen molar-refractivity contribution in [1.29, 1.82) is 5.26 Å². The Morgan fingerprint density at radius 2 is 1.78 bits per heavy atom. The number of imide groups is 1. The fourth-order valence-electron chi connectivity index (χ4n) is 3.98. The van der Waals surface area contributed by atoms with Crippen molar-refractivity contribution in [2.75, 3.05) is 6.54 Å². The van der Waals surface area contributed by atoms with Gasteiger partial charge in [0.1, 0.15) is 11.6 Å². The molecule has 36 heavy (non-hydrogen) atoms. The summed E-state index contributed by atoms with van der Waals surface area (Å²) in [6.07, 6.45) is 4.79. The van der Waals surface area contributed by atoms with Crippen LogP contribution >= 0.6 is 0 Å². The summed E-state index contributed by atoms with van der Waals surface area (Å²) in [5.41, 5.74) is 2.89. The van der Waals surface area contributed by atoms with Crippen molar-refractivity contribution in [3.8, 4) is 23.0 Å². The highest BCUT2D eigenvalue weighted by Gasteiger charge is 2.35. The SMILES string of the molecule is CCCCN1C(=O)C(C#N)=C(C)/C(=C\c2cn(-c3ccccc3)nc2-c2ccc([N+](=O)[O-])cc2)C1=O. The number of carbonyl (C=O) groups is 2. The highest BCUT2D eigenvalue weighted by Crippen LogP contribution is 2.32.